The number of nitrogens with one attached hydrogen (secondary N) is 2. The molecule has 5 heterocycles. The monoisotopic (exact) mass is 882 g/mol. The number of halogens is 2. The summed E-state index contributed by atoms with van der Waals surface area (Å²) in [6.07, 6.45) is 11.9. The van der Waals surface area contributed by atoms with E-state index in [1.807, 2.05) is 72.8 Å². The molecule has 2 aromatic carbocycles. The highest BCUT2D eigenvalue weighted by molar-refractivity contribution is 9.11. The summed E-state index contributed by atoms with van der Waals surface area (Å²) in [6.45, 7) is 5.37. The van der Waals surface area contributed by atoms with Gasteiger partial charge in [-0.15, -0.1) is 0 Å². The fourth-order valence-electron chi connectivity index (χ4n) is 6.71. The van der Waals surface area contributed by atoms with Crippen LogP contribution in [0.3, 0.4) is 0 Å². The van der Waals surface area contributed by atoms with Gasteiger partial charge >= 0.3 is 0 Å². The third-order valence-corrected chi connectivity index (χ3v) is 11.3. The Kier molecular flexibility index (Phi) is 12.1. The average Bonchev–Trinajstić information content (AvgIpc) is 4.07. The van der Waals surface area contributed by atoms with E-state index in [0.29, 0.717) is 47.7 Å². The maximum absolute atomic E-state index is 6.15. The number of aromatic amines is 2. The second-order valence-electron chi connectivity index (χ2n) is 13.2. The van der Waals surface area contributed by atoms with Gasteiger partial charge in [-0.25, -0.2) is 9.97 Å². The van der Waals surface area contributed by atoms with Crippen molar-refractivity contribution in [3.05, 3.63) is 80.3 Å². The van der Waals surface area contributed by atoms with Crippen molar-refractivity contribution in [2.45, 2.75) is 39.5 Å². The summed E-state index contributed by atoms with van der Waals surface area (Å²) in [6, 6.07) is 16.0. The van der Waals surface area contributed by atoms with Gasteiger partial charge in [0.1, 0.15) is 0 Å². The van der Waals surface area contributed by atoms with E-state index in [0.717, 1.165) is 102 Å². The Balaban J connectivity index is 1.50. The number of hydrogen-bond donors (Lipinski definition) is 2. The lowest BCUT2D eigenvalue weighted by Crippen LogP contribution is -2.02. The zero-order valence-electron chi connectivity index (χ0n) is 32.3. The molecule has 0 unspecified atom stereocenters. The van der Waals surface area contributed by atoms with Gasteiger partial charge in [-0.3, -0.25) is 0 Å². The molecule has 0 atom stereocenters. The molecular weight excluding hydrogens is 840 g/mol. The van der Waals surface area contributed by atoms with E-state index in [1.54, 1.807) is 28.4 Å². The number of fused-ring (bicyclic) bond motifs is 8. The molecular formula is C44H44Br2N4O6. The van der Waals surface area contributed by atoms with Gasteiger partial charge in [-0.1, -0.05) is 26.7 Å². The van der Waals surface area contributed by atoms with E-state index < -0.39 is 0 Å². The first kappa shape index (κ1) is 39.1. The van der Waals surface area contributed by atoms with Gasteiger partial charge in [-0.2, -0.15) is 0 Å². The number of nitrogens with zero attached hydrogens (tertiary/aromatic N) is 2. The molecule has 12 heteroatoms. The Labute approximate surface area is 343 Å². The third kappa shape index (κ3) is 7.64. The highest BCUT2D eigenvalue weighted by Gasteiger charge is 2.22. The normalized spacial score (nSPS) is 11.9. The average molecular weight is 885 g/mol. The highest BCUT2D eigenvalue weighted by Crippen LogP contribution is 2.46. The zero-order valence-corrected chi connectivity index (χ0v) is 35.4. The largest absolute Gasteiger partial charge is 0.493 e. The van der Waals surface area contributed by atoms with Crippen LogP contribution in [0.1, 0.15) is 62.3 Å². The molecule has 0 saturated heterocycles. The second-order valence-corrected chi connectivity index (χ2v) is 14.8. The molecule has 3 aromatic heterocycles. The molecule has 10 nitrogen and oxygen atoms in total. The number of aromatic nitrogens is 4. The van der Waals surface area contributed by atoms with E-state index in [4.69, 9.17) is 38.4 Å². The first-order valence-electron chi connectivity index (χ1n) is 18.6. The van der Waals surface area contributed by atoms with E-state index >= 15 is 0 Å². The lowest BCUT2D eigenvalue weighted by Gasteiger charge is -2.16. The number of methoxy groups -OCH3 is 4. The third-order valence-electron chi connectivity index (χ3n) is 9.61. The molecule has 56 heavy (non-hydrogen) atoms. The molecule has 0 saturated carbocycles. The SMILES string of the molecule is CCCCOc1c(OC)cc(-c2c3nc(c(Br)c4ccc([nH]4)c(-c4cc(OC)c(OCCCC)c(OC)c4)c4nc(c(Br)c5ccc2[nH]5)C=C4)C=C3)cc1OC. The lowest BCUT2D eigenvalue weighted by molar-refractivity contribution is 0.270. The zero-order chi connectivity index (χ0) is 39.3. The van der Waals surface area contributed by atoms with Crippen molar-refractivity contribution in [3.8, 4) is 56.8 Å². The van der Waals surface area contributed by atoms with Crippen LogP contribution in [0.25, 0.3) is 68.6 Å². The van der Waals surface area contributed by atoms with Gasteiger partial charge in [0.15, 0.2) is 23.0 Å². The Morgan fingerprint density at radius 1 is 0.500 bits per heavy atom. The second kappa shape index (κ2) is 17.3. The molecule has 290 valence electrons. The van der Waals surface area contributed by atoms with Crippen LogP contribution in [0.2, 0.25) is 0 Å². The minimum Gasteiger partial charge on any atom is -0.493 e. The topological polar surface area (TPSA) is 113 Å². The van der Waals surface area contributed by atoms with E-state index in [2.05, 4.69) is 55.7 Å². The quantitative estimate of drug-likeness (QED) is 0.104. The molecule has 0 fully saturated rings. The van der Waals surface area contributed by atoms with Crippen molar-refractivity contribution in [1.82, 2.24) is 19.9 Å². The van der Waals surface area contributed by atoms with Crippen LogP contribution >= 0.6 is 31.9 Å². The van der Waals surface area contributed by atoms with E-state index in [1.165, 1.54) is 0 Å². The summed E-state index contributed by atoms with van der Waals surface area (Å²) in [5, 5.41) is 0. The van der Waals surface area contributed by atoms with E-state index in [9.17, 15) is 0 Å². The maximum atomic E-state index is 6.15. The van der Waals surface area contributed by atoms with Crippen molar-refractivity contribution in [3.63, 3.8) is 0 Å². The molecule has 5 aromatic rings. The maximum Gasteiger partial charge on any atom is 0.203 e. The summed E-state index contributed by atoms with van der Waals surface area (Å²) in [5.41, 5.74) is 9.78. The highest BCUT2D eigenvalue weighted by atomic mass is 79.9. The van der Waals surface area contributed by atoms with Crippen LogP contribution in [0.5, 0.6) is 34.5 Å². The number of unbranched alkanes of at least 4 members (excludes halogenated alkanes) is 2. The van der Waals surface area contributed by atoms with Crippen LogP contribution in [0.4, 0.5) is 0 Å². The van der Waals surface area contributed by atoms with Crippen molar-refractivity contribution in [2.24, 2.45) is 0 Å². The van der Waals surface area contributed by atoms with Gasteiger partial charge in [0.05, 0.1) is 84.4 Å². The molecule has 0 radical (unpaired) electrons. The fourth-order valence-corrected chi connectivity index (χ4v) is 7.62. The first-order chi connectivity index (χ1) is 27.3. The minimum atomic E-state index is 0.556. The summed E-state index contributed by atoms with van der Waals surface area (Å²) >= 11 is 7.77. The van der Waals surface area contributed by atoms with Gasteiger partial charge in [0.2, 0.25) is 11.5 Å². The first-order valence-corrected chi connectivity index (χ1v) is 20.2. The van der Waals surface area contributed by atoms with Gasteiger partial charge in [0.25, 0.3) is 0 Å². The van der Waals surface area contributed by atoms with Gasteiger partial charge in [0, 0.05) is 22.2 Å². The number of hydrogen-bond acceptors (Lipinski definition) is 8. The number of ether oxygens (including phenoxy) is 6. The number of rotatable bonds is 14. The van der Waals surface area contributed by atoms with E-state index in [-0.39, 0.29) is 0 Å². The summed E-state index contributed by atoms with van der Waals surface area (Å²) in [5.74, 6) is 3.43. The number of benzene rings is 2. The summed E-state index contributed by atoms with van der Waals surface area (Å²) in [4.78, 5) is 17.6. The van der Waals surface area contributed by atoms with Crippen LogP contribution in [0, 0.1) is 0 Å². The van der Waals surface area contributed by atoms with Crippen molar-refractivity contribution < 1.29 is 28.4 Å². The van der Waals surface area contributed by atoms with Crippen LogP contribution in [-0.2, 0) is 0 Å². The summed E-state index contributed by atoms with van der Waals surface area (Å²) in [7, 11) is 6.55. The Hall–Kier alpha value is -5.20. The fraction of sp³-hybridized carbons (Fsp3) is 0.273. The predicted octanol–water partition coefficient (Wildman–Crippen LogP) is 11.9. The lowest BCUT2D eigenvalue weighted by atomic mass is 10.0. The van der Waals surface area contributed by atoms with Gasteiger partial charge < -0.3 is 38.4 Å². The van der Waals surface area contributed by atoms with Crippen LogP contribution < -0.4 is 28.4 Å². The van der Waals surface area contributed by atoms with Crippen LogP contribution in [0.15, 0.2) is 57.5 Å². The Bertz CT molecular complexity index is 2280. The Morgan fingerprint density at radius 3 is 1.18 bits per heavy atom. The predicted molar refractivity (Wildman–Crippen MR) is 232 cm³/mol. The molecule has 7 rings (SSSR count). The van der Waals surface area contributed by atoms with Crippen molar-refractivity contribution in [1.29, 1.82) is 0 Å². The summed E-state index contributed by atoms with van der Waals surface area (Å²) < 4.78 is 37.4. The smallest absolute Gasteiger partial charge is 0.203 e. The van der Waals surface area contributed by atoms with Crippen LogP contribution in [-0.4, -0.2) is 61.6 Å². The molecule has 2 aliphatic heterocycles. The van der Waals surface area contributed by atoms with Crippen molar-refractivity contribution >= 4 is 78.2 Å². The molecule has 0 amide bonds. The molecule has 2 N–H and O–H groups in total. The minimum absolute atomic E-state index is 0.556. The molecule has 2 aliphatic rings. The van der Waals surface area contributed by atoms with Crippen molar-refractivity contribution in [2.75, 3.05) is 41.7 Å². The standard InChI is InChI=1S/C44H44Br2N4O6/c1-7-9-19-55-43-35(51-3)21-25(22-36(43)52-4)39-27-11-15-31(47-27)41(45)33-17-13-29(49-33)40(30-14-18-34(50-30)42(46)32-16-12-28(39)48-32)26-23-37(53-5)44(38(24-26)54-6)56-20-10-8-2/h11-18,21-24,47,50H,7-10,19-20H2,1-6H3. The molecule has 8 bridgehead atoms. The van der Waals surface area contributed by atoms with Gasteiger partial charge in [-0.05, 0) is 129 Å². The molecule has 0 spiro atoms. The molecule has 0 aliphatic carbocycles. The number of H-pyrrole nitrogens is 2. The Morgan fingerprint density at radius 2 is 0.839 bits per heavy atom.